The zero-order chi connectivity index (χ0) is 15.9. The lowest BCUT2D eigenvalue weighted by molar-refractivity contribution is -0.122. The second kappa shape index (κ2) is 8.08. The summed E-state index contributed by atoms with van der Waals surface area (Å²) in [5.74, 6) is 1.60. The van der Waals surface area contributed by atoms with Crippen molar-refractivity contribution in [1.29, 1.82) is 0 Å². The second-order valence-electron chi connectivity index (χ2n) is 5.15. The van der Waals surface area contributed by atoms with Gasteiger partial charge in [-0.3, -0.25) is 9.59 Å². The Bertz CT molecular complexity index is 519. The van der Waals surface area contributed by atoms with E-state index in [2.05, 4.69) is 5.32 Å². The van der Waals surface area contributed by atoms with Crippen LogP contribution in [0.5, 0.6) is 5.75 Å². The number of ether oxygens (including phenoxy) is 1. The average Bonchev–Trinajstić information content (AvgIpc) is 2.96. The molecule has 22 heavy (non-hydrogen) atoms. The zero-order valence-corrected chi connectivity index (χ0v) is 13.8. The van der Waals surface area contributed by atoms with Gasteiger partial charge < -0.3 is 15.0 Å². The van der Waals surface area contributed by atoms with Crippen molar-refractivity contribution < 1.29 is 14.3 Å². The number of thioether (sulfide) groups is 1. The number of rotatable bonds is 7. The predicted molar refractivity (Wildman–Crippen MR) is 88.2 cm³/mol. The highest BCUT2D eigenvalue weighted by Crippen LogP contribution is 2.21. The molecule has 0 radical (unpaired) electrons. The largest absolute Gasteiger partial charge is 0.497 e. The first-order valence-electron chi connectivity index (χ1n) is 7.49. The molecule has 5 nitrogen and oxygen atoms in total. The minimum atomic E-state index is -0.0210. The molecule has 1 aliphatic rings. The first-order chi connectivity index (χ1) is 10.6. The van der Waals surface area contributed by atoms with Gasteiger partial charge in [0.25, 0.3) is 5.24 Å². The van der Waals surface area contributed by atoms with Crippen molar-refractivity contribution in [2.75, 3.05) is 26.0 Å². The number of hydrogen-bond acceptors (Lipinski definition) is 4. The minimum absolute atomic E-state index is 0.0120. The Morgan fingerprint density at radius 2 is 2.14 bits per heavy atom. The smallest absolute Gasteiger partial charge is 0.281 e. The molecular formula is C16H22N2O3S. The van der Waals surface area contributed by atoms with E-state index in [9.17, 15) is 9.59 Å². The number of methoxy groups -OCH3 is 1. The molecule has 1 unspecified atom stereocenters. The van der Waals surface area contributed by atoms with Crippen LogP contribution >= 0.6 is 11.8 Å². The lowest BCUT2D eigenvalue weighted by Crippen LogP contribution is -2.33. The molecule has 0 saturated carbocycles. The van der Waals surface area contributed by atoms with Crippen molar-refractivity contribution in [1.82, 2.24) is 10.2 Å². The van der Waals surface area contributed by atoms with Crippen molar-refractivity contribution >= 4 is 22.9 Å². The van der Waals surface area contributed by atoms with Crippen molar-refractivity contribution in [3.05, 3.63) is 29.8 Å². The van der Waals surface area contributed by atoms with Crippen LogP contribution in [0.4, 0.5) is 4.79 Å². The maximum absolute atomic E-state index is 12.1. The number of carbonyl (C=O) groups is 2. The van der Waals surface area contributed by atoms with E-state index in [4.69, 9.17) is 4.74 Å². The second-order valence-corrected chi connectivity index (χ2v) is 6.20. The maximum atomic E-state index is 12.1. The van der Waals surface area contributed by atoms with E-state index < -0.39 is 0 Å². The highest BCUT2D eigenvalue weighted by molar-refractivity contribution is 8.13. The average molecular weight is 322 g/mol. The van der Waals surface area contributed by atoms with E-state index in [1.54, 1.807) is 12.0 Å². The van der Waals surface area contributed by atoms with Gasteiger partial charge in [0, 0.05) is 25.3 Å². The van der Waals surface area contributed by atoms with Crippen molar-refractivity contribution in [3.8, 4) is 5.75 Å². The van der Waals surface area contributed by atoms with Gasteiger partial charge in [-0.15, -0.1) is 0 Å². The summed E-state index contributed by atoms with van der Waals surface area (Å²) in [6, 6.07) is 7.71. The molecule has 0 bridgehead atoms. The fourth-order valence-electron chi connectivity index (χ4n) is 2.39. The van der Waals surface area contributed by atoms with Crippen molar-refractivity contribution in [2.24, 2.45) is 0 Å². The van der Waals surface area contributed by atoms with Crippen molar-refractivity contribution in [2.45, 2.75) is 25.8 Å². The molecule has 120 valence electrons. The third-order valence-corrected chi connectivity index (χ3v) is 4.61. The summed E-state index contributed by atoms with van der Waals surface area (Å²) in [5.41, 5.74) is 1.06. The van der Waals surface area contributed by atoms with Crippen LogP contribution in [0, 0.1) is 0 Å². The van der Waals surface area contributed by atoms with Crippen LogP contribution in [-0.2, 0) is 4.79 Å². The Balaban J connectivity index is 1.85. The van der Waals surface area contributed by atoms with Gasteiger partial charge in [0.2, 0.25) is 5.91 Å². The Kier molecular flexibility index (Phi) is 6.12. The fraction of sp³-hybridized carbons (Fsp3) is 0.500. The summed E-state index contributed by atoms with van der Waals surface area (Å²) in [4.78, 5) is 25.3. The molecule has 0 aliphatic carbocycles. The summed E-state index contributed by atoms with van der Waals surface area (Å²) in [6.07, 6.45) is 1.16. The van der Waals surface area contributed by atoms with Crippen LogP contribution in [0.1, 0.15) is 31.4 Å². The number of hydrogen-bond donors (Lipinski definition) is 1. The summed E-state index contributed by atoms with van der Waals surface area (Å²) in [7, 11) is 1.63. The first-order valence-corrected chi connectivity index (χ1v) is 8.47. The van der Waals surface area contributed by atoms with Crippen LogP contribution < -0.4 is 10.1 Å². The number of amides is 2. The van der Waals surface area contributed by atoms with Gasteiger partial charge in [0.1, 0.15) is 5.75 Å². The Hall–Kier alpha value is -1.69. The van der Waals surface area contributed by atoms with Crippen LogP contribution in [0.2, 0.25) is 0 Å². The molecule has 0 aromatic heterocycles. The summed E-state index contributed by atoms with van der Waals surface area (Å²) < 4.78 is 5.14. The summed E-state index contributed by atoms with van der Waals surface area (Å²) >= 11 is 1.32. The fourth-order valence-corrected chi connectivity index (χ4v) is 3.24. The molecule has 1 aliphatic heterocycles. The van der Waals surface area contributed by atoms with Gasteiger partial charge in [-0.05, 0) is 24.1 Å². The van der Waals surface area contributed by atoms with E-state index >= 15 is 0 Å². The minimum Gasteiger partial charge on any atom is -0.497 e. The molecule has 1 saturated heterocycles. The van der Waals surface area contributed by atoms with E-state index in [1.165, 1.54) is 11.8 Å². The standard InChI is InChI=1S/C16H22N2O3S/c1-3-14(12-4-6-13(21-2)7-5-12)17-15(19)8-9-18-10-11-22-16(18)20/h4-7,14H,3,8-11H2,1-2H3,(H,17,19). The van der Waals surface area contributed by atoms with E-state index in [1.807, 2.05) is 31.2 Å². The molecule has 1 heterocycles. The van der Waals surface area contributed by atoms with Gasteiger partial charge in [0.15, 0.2) is 0 Å². The molecule has 1 atom stereocenters. The summed E-state index contributed by atoms with van der Waals surface area (Å²) in [6.45, 7) is 3.28. The highest BCUT2D eigenvalue weighted by atomic mass is 32.2. The maximum Gasteiger partial charge on any atom is 0.281 e. The lowest BCUT2D eigenvalue weighted by Gasteiger charge is -2.19. The highest BCUT2D eigenvalue weighted by Gasteiger charge is 2.22. The van der Waals surface area contributed by atoms with Crippen LogP contribution in [0.15, 0.2) is 24.3 Å². The monoisotopic (exact) mass is 322 g/mol. The molecule has 2 amide bonds. The Morgan fingerprint density at radius 3 is 2.68 bits per heavy atom. The lowest BCUT2D eigenvalue weighted by atomic mass is 10.0. The molecular weight excluding hydrogens is 300 g/mol. The Morgan fingerprint density at radius 1 is 1.41 bits per heavy atom. The molecule has 1 aromatic rings. The van der Waals surface area contributed by atoms with Gasteiger partial charge in [0.05, 0.1) is 13.2 Å². The number of nitrogens with zero attached hydrogens (tertiary/aromatic N) is 1. The third kappa shape index (κ3) is 4.40. The summed E-state index contributed by atoms with van der Waals surface area (Å²) in [5, 5.41) is 3.11. The van der Waals surface area contributed by atoms with E-state index in [0.717, 1.165) is 30.0 Å². The molecule has 1 N–H and O–H groups in total. The third-order valence-electron chi connectivity index (χ3n) is 3.72. The molecule has 1 aromatic carbocycles. The van der Waals surface area contributed by atoms with Crippen LogP contribution in [0.3, 0.4) is 0 Å². The predicted octanol–water partition coefficient (Wildman–Crippen LogP) is 2.82. The number of benzene rings is 1. The van der Waals surface area contributed by atoms with Gasteiger partial charge in [-0.1, -0.05) is 30.8 Å². The van der Waals surface area contributed by atoms with Gasteiger partial charge in [-0.2, -0.15) is 0 Å². The quantitative estimate of drug-likeness (QED) is 0.838. The van der Waals surface area contributed by atoms with Crippen molar-refractivity contribution in [3.63, 3.8) is 0 Å². The van der Waals surface area contributed by atoms with Gasteiger partial charge >= 0.3 is 0 Å². The topological polar surface area (TPSA) is 58.6 Å². The molecule has 2 rings (SSSR count). The van der Waals surface area contributed by atoms with Gasteiger partial charge in [-0.25, -0.2) is 0 Å². The molecule has 0 spiro atoms. The van der Waals surface area contributed by atoms with Crippen LogP contribution in [-0.4, -0.2) is 42.0 Å². The Labute approximate surface area is 135 Å². The van der Waals surface area contributed by atoms with E-state index in [-0.39, 0.29) is 17.2 Å². The normalized spacial score (nSPS) is 15.7. The first kappa shape index (κ1) is 16.7. The molecule has 1 fully saturated rings. The van der Waals surface area contributed by atoms with Crippen LogP contribution in [0.25, 0.3) is 0 Å². The SMILES string of the molecule is CCC(NC(=O)CCN1CCSC1=O)c1ccc(OC)cc1. The number of carbonyl (C=O) groups excluding carboxylic acids is 2. The molecule has 6 heteroatoms. The van der Waals surface area contributed by atoms with E-state index in [0.29, 0.717) is 13.0 Å². The number of nitrogens with one attached hydrogen (secondary N) is 1. The zero-order valence-electron chi connectivity index (χ0n) is 13.0.